The number of ketones is 1. The quantitative estimate of drug-likeness (QED) is 0.601. The fourth-order valence-corrected chi connectivity index (χ4v) is 3.91. The van der Waals surface area contributed by atoms with Crippen molar-refractivity contribution in [1.29, 1.82) is 0 Å². The number of rotatable bonds is 2. The Kier molecular flexibility index (Phi) is 3.67. The number of halogens is 3. The van der Waals surface area contributed by atoms with Crippen LogP contribution < -0.4 is 0 Å². The van der Waals surface area contributed by atoms with Crippen molar-refractivity contribution in [3.05, 3.63) is 33.8 Å². The third-order valence-electron chi connectivity index (χ3n) is 4.76. The number of hydrogen-bond donors (Lipinski definition) is 0. The van der Waals surface area contributed by atoms with E-state index in [9.17, 15) is 13.6 Å². The van der Waals surface area contributed by atoms with E-state index in [1.165, 1.54) is 6.07 Å². The van der Waals surface area contributed by atoms with E-state index in [1.807, 2.05) is 0 Å². The molecule has 2 unspecified atom stereocenters. The van der Waals surface area contributed by atoms with E-state index in [4.69, 9.17) is 0 Å². The standard InChI is InChI=1S/C15H16BrF2NO/c1-19-9-2-3-10(19)7-8(6-9)15(20)13-12(17)5-4-11(16)14(13)18/h4-5,8-10H,2-3,6-7H2,1H3. The number of carbonyl (C=O) groups excluding carboxylic acids is 1. The highest BCUT2D eigenvalue weighted by molar-refractivity contribution is 9.10. The van der Waals surface area contributed by atoms with Crippen LogP contribution in [0.4, 0.5) is 8.78 Å². The molecule has 0 N–H and O–H groups in total. The molecule has 2 bridgehead atoms. The van der Waals surface area contributed by atoms with Gasteiger partial charge in [-0.2, -0.15) is 0 Å². The van der Waals surface area contributed by atoms with Gasteiger partial charge < -0.3 is 4.90 Å². The van der Waals surface area contributed by atoms with Gasteiger partial charge >= 0.3 is 0 Å². The van der Waals surface area contributed by atoms with E-state index in [2.05, 4.69) is 27.9 Å². The van der Waals surface area contributed by atoms with Crippen LogP contribution >= 0.6 is 15.9 Å². The molecule has 0 radical (unpaired) electrons. The summed E-state index contributed by atoms with van der Waals surface area (Å²) in [5.74, 6) is -2.18. The zero-order valence-corrected chi connectivity index (χ0v) is 12.8. The molecule has 5 heteroatoms. The normalized spacial score (nSPS) is 29.7. The van der Waals surface area contributed by atoms with Crippen LogP contribution in [0.1, 0.15) is 36.0 Å². The number of carbonyl (C=O) groups is 1. The summed E-state index contributed by atoms with van der Waals surface area (Å²) in [7, 11) is 2.07. The highest BCUT2D eigenvalue weighted by Gasteiger charge is 2.42. The second kappa shape index (κ2) is 5.19. The molecule has 2 atom stereocenters. The lowest BCUT2D eigenvalue weighted by Crippen LogP contribution is -2.42. The highest BCUT2D eigenvalue weighted by Crippen LogP contribution is 2.39. The Morgan fingerprint density at radius 2 is 1.85 bits per heavy atom. The molecular formula is C15H16BrF2NO. The molecule has 108 valence electrons. The average molecular weight is 344 g/mol. The molecule has 0 amide bonds. The zero-order valence-electron chi connectivity index (χ0n) is 11.2. The average Bonchev–Trinajstić information content (AvgIpc) is 2.66. The van der Waals surface area contributed by atoms with E-state index < -0.39 is 11.6 Å². The molecule has 1 aromatic carbocycles. The summed E-state index contributed by atoms with van der Waals surface area (Å²) < 4.78 is 28.0. The van der Waals surface area contributed by atoms with Crippen molar-refractivity contribution in [2.24, 2.45) is 5.92 Å². The minimum atomic E-state index is -0.777. The Morgan fingerprint density at radius 3 is 2.45 bits per heavy atom. The first kappa shape index (κ1) is 14.1. The minimum absolute atomic E-state index is 0.137. The van der Waals surface area contributed by atoms with Crippen molar-refractivity contribution in [2.45, 2.75) is 37.8 Å². The van der Waals surface area contributed by atoms with Crippen LogP contribution in [0.2, 0.25) is 0 Å². The lowest BCUT2D eigenvalue weighted by molar-refractivity contribution is 0.0758. The molecule has 2 aliphatic rings. The van der Waals surface area contributed by atoms with Gasteiger partial charge in [-0.3, -0.25) is 4.79 Å². The molecule has 2 saturated heterocycles. The van der Waals surface area contributed by atoms with Crippen LogP contribution in [0.3, 0.4) is 0 Å². The molecule has 20 heavy (non-hydrogen) atoms. The van der Waals surface area contributed by atoms with Crippen LogP contribution in [0.15, 0.2) is 16.6 Å². The number of piperidine rings is 1. The summed E-state index contributed by atoms with van der Waals surface area (Å²) in [4.78, 5) is 14.8. The molecule has 0 aromatic heterocycles. The third-order valence-corrected chi connectivity index (χ3v) is 5.37. The molecule has 1 aromatic rings. The smallest absolute Gasteiger partial charge is 0.172 e. The van der Waals surface area contributed by atoms with Gasteiger partial charge in [0.1, 0.15) is 5.82 Å². The number of hydrogen-bond acceptors (Lipinski definition) is 2. The fourth-order valence-electron chi connectivity index (χ4n) is 3.58. The van der Waals surface area contributed by atoms with Crippen molar-refractivity contribution in [1.82, 2.24) is 4.90 Å². The molecule has 3 rings (SSSR count). The van der Waals surface area contributed by atoms with Crippen LogP contribution in [0, 0.1) is 17.6 Å². The van der Waals surface area contributed by atoms with Crippen LogP contribution in [0.25, 0.3) is 0 Å². The Morgan fingerprint density at radius 1 is 1.25 bits per heavy atom. The summed E-state index contributed by atoms with van der Waals surface area (Å²) in [6.07, 6.45) is 3.57. The van der Waals surface area contributed by atoms with Crippen molar-refractivity contribution >= 4 is 21.7 Å². The predicted molar refractivity (Wildman–Crippen MR) is 75.7 cm³/mol. The van der Waals surface area contributed by atoms with E-state index in [0.717, 1.165) is 18.9 Å². The Balaban J connectivity index is 1.89. The Bertz CT molecular complexity index is 549. The number of fused-ring (bicyclic) bond motifs is 2. The predicted octanol–water partition coefficient (Wildman–Crippen LogP) is 3.78. The van der Waals surface area contributed by atoms with Gasteiger partial charge in [0.25, 0.3) is 0 Å². The second-order valence-corrected chi connectivity index (χ2v) is 6.66. The summed E-state index contributed by atoms with van der Waals surface area (Å²) in [6, 6.07) is 3.19. The van der Waals surface area contributed by atoms with Crippen LogP contribution in [-0.2, 0) is 0 Å². The summed E-state index contributed by atoms with van der Waals surface area (Å²) in [5.41, 5.74) is -0.381. The van der Waals surface area contributed by atoms with Crippen molar-refractivity contribution in [2.75, 3.05) is 7.05 Å². The molecule has 2 heterocycles. The van der Waals surface area contributed by atoms with Crippen molar-refractivity contribution < 1.29 is 13.6 Å². The number of benzene rings is 1. The zero-order chi connectivity index (χ0) is 14.4. The van der Waals surface area contributed by atoms with E-state index in [1.54, 1.807) is 0 Å². The molecule has 0 saturated carbocycles. The van der Waals surface area contributed by atoms with Gasteiger partial charge in [0.2, 0.25) is 0 Å². The van der Waals surface area contributed by atoms with Gasteiger partial charge in [-0.1, -0.05) is 0 Å². The van der Waals surface area contributed by atoms with Gasteiger partial charge in [0.05, 0.1) is 10.0 Å². The Hall–Kier alpha value is -0.810. The first-order chi connectivity index (χ1) is 9.49. The van der Waals surface area contributed by atoms with E-state index in [0.29, 0.717) is 24.9 Å². The molecule has 0 spiro atoms. The largest absolute Gasteiger partial charge is 0.300 e. The topological polar surface area (TPSA) is 20.3 Å². The maximum absolute atomic E-state index is 14.0. The first-order valence-electron chi connectivity index (χ1n) is 6.88. The third kappa shape index (κ3) is 2.21. The van der Waals surface area contributed by atoms with Gasteiger partial charge in [0.15, 0.2) is 11.6 Å². The maximum atomic E-state index is 14.0. The van der Waals surface area contributed by atoms with E-state index in [-0.39, 0.29) is 21.7 Å². The molecule has 0 aliphatic carbocycles. The van der Waals surface area contributed by atoms with Crippen LogP contribution in [-0.4, -0.2) is 29.8 Å². The lowest BCUT2D eigenvalue weighted by Gasteiger charge is -2.35. The number of nitrogens with zero attached hydrogens (tertiary/aromatic N) is 1. The van der Waals surface area contributed by atoms with E-state index >= 15 is 0 Å². The molecule has 2 aliphatic heterocycles. The van der Waals surface area contributed by atoms with Gasteiger partial charge in [0, 0.05) is 18.0 Å². The fraction of sp³-hybridized carbons (Fsp3) is 0.533. The lowest BCUT2D eigenvalue weighted by atomic mass is 9.84. The van der Waals surface area contributed by atoms with Gasteiger partial charge in [-0.25, -0.2) is 8.78 Å². The molecular weight excluding hydrogens is 328 g/mol. The monoisotopic (exact) mass is 343 g/mol. The summed E-state index contributed by atoms with van der Waals surface area (Å²) in [5, 5.41) is 0. The maximum Gasteiger partial charge on any atom is 0.172 e. The summed E-state index contributed by atoms with van der Waals surface area (Å²) >= 11 is 3.02. The van der Waals surface area contributed by atoms with Crippen molar-refractivity contribution in [3.63, 3.8) is 0 Å². The molecule has 2 fully saturated rings. The van der Waals surface area contributed by atoms with Gasteiger partial charge in [-0.05, 0) is 60.8 Å². The van der Waals surface area contributed by atoms with Crippen LogP contribution in [0.5, 0.6) is 0 Å². The Labute approximate surface area is 125 Å². The highest BCUT2D eigenvalue weighted by atomic mass is 79.9. The SMILES string of the molecule is CN1C2CCC1CC(C(=O)c1c(F)ccc(Br)c1F)C2. The second-order valence-electron chi connectivity index (χ2n) is 5.80. The van der Waals surface area contributed by atoms with Gasteiger partial charge in [-0.15, -0.1) is 0 Å². The molecule has 2 nitrogen and oxygen atoms in total. The van der Waals surface area contributed by atoms with Crippen molar-refractivity contribution in [3.8, 4) is 0 Å². The minimum Gasteiger partial charge on any atom is -0.300 e. The summed E-state index contributed by atoms with van der Waals surface area (Å²) in [6.45, 7) is 0. The number of Topliss-reactive ketones (excluding diaryl/α,β-unsaturated/α-hetero) is 1. The first-order valence-corrected chi connectivity index (χ1v) is 7.68.